The Labute approximate surface area is 170 Å². The molecule has 0 aromatic heterocycles. The second-order valence-corrected chi connectivity index (χ2v) is 7.21. The van der Waals surface area contributed by atoms with Crippen LogP contribution in [0.2, 0.25) is 0 Å². The van der Waals surface area contributed by atoms with Crippen LogP contribution in [0.5, 0.6) is 0 Å². The third-order valence-corrected chi connectivity index (χ3v) is 5.26. The lowest BCUT2D eigenvalue weighted by molar-refractivity contribution is -0.120. The zero-order valence-corrected chi connectivity index (χ0v) is 16.3. The molecule has 0 bridgehead atoms. The lowest BCUT2D eigenvalue weighted by Gasteiger charge is -2.32. The van der Waals surface area contributed by atoms with Gasteiger partial charge < -0.3 is 4.90 Å². The number of carbonyl (C=O) groups excluding carboxylic acids is 2. The van der Waals surface area contributed by atoms with Crippen molar-refractivity contribution in [3.8, 4) is 6.07 Å². The number of nitriles is 1. The summed E-state index contributed by atoms with van der Waals surface area (Å²) in [6.45, 7) is 1.83. The van der Waals surface area contributed by atoms with Crippen LogP contribution < -0.4 is 4.90 Å². The smallest absolute Gasteiger partial charge is 0.241 e. The van der Waals surface area contributed by atoms with Crippen LogP contribution >= 0.6 is 0 Å². The first-order valence-corrected chi connectivity index (χ1v) is 9.83. The average Bonchev–Trinajstić information content (AvgIpc) is 2.76. The van der Waals surface area contributed by atoms with Gasteiger partial charge in [0.15, 0.2) is 5.78 Å². The Bertz CT molecular complexity index is 869. The highest BCUT2D eigenvalue weighted by molar-refractivity contribution is 5.98. The molecule has 1 aliphatic rings. The molecule has 6 heteroatoms. The van der Waals surface area contributed by atoms with Crippen LogP contribution in [0, 0.1) is 23.1 Å². The average molecular weight is 393 g/mol. The van der Waals surface area contributed by atoms with Gasteiger partial charge in [0.2, 0.25) is 5.91 Å². The molecule has 1 aliphatic heterocycles. The fourth-order valence-electron chi connectivity index (χ4n) is 3.65. The topological polar surface area (TPSA) is 64.4 Å². The number of Topliss-reactive ketones (excluding diaryl/α,β-unsaturated/α-hetero) is 1. The minimum atomic E-state index is -0.369. The van der Waals surface area contributed by atoms with Crippen molar-refractivity contribution < 1.29 is 14.0 Å². The monoisotopic (exact) mass is 393 g/mol. The number of hydrogen-bond donors (Lipinski definition) is 0. The van der Waals surface area contributed by atoms with E-state index in [0.717, 1.165) is 18.4 Å². The summed E-state index contributed by atoms with van der Waals surface area (Å²) in [5.74, 6) is -0.347. The number of benzene rings is 2. The second-order valence-electron chi connectivity index (χ2n) is 7.21. The summed E-state index contributed by atoms with van der Waals surface area (Å²) < 4.78 is 13.2. The van der Waals surface area contributed by atoms with Crippen molar-refractivity contribution in [3.05, 3.63) is 66.0 Å². The number of nitrogens with zero attached hydrogens (tertiary/aromatic N) is 3. The van der Waals surface area contributed by atoms with Crippen molar-refractivity contribution in [1.29, 1.82) is 5.26 Å². The molecule has 0 atom stereocenters. The molecule has 2 aromatic carbocycles. The van der Waals surface area contributed by atoms with Gasteiger partial charge in [-0.25, -0.2) is 4.39 Å². The number of hydrogen-bond acceptors (Lipinski definition) is 4. The molecule has 2 aromatic rings. The van der Waals surface area contributed by atoms with Crippen LogP contribution in [0.25, 0.3) is 0 Å². The normalized spacial score (nSPS) is 14.9. The molecule has 1 fully saturated rings. The van der Waals surface area contributed by atoms with E-state index in [2.05, 4.69) is 6.07 Å². The summed E-state index contributed by atoms with van der Waals surface area (Å²) in [7, 11) is 0. The maximum Gasteiger partial charge on any atom is 0.241 e. The predicted molar refractivity (Wildman–Crippen MR) is 109 cm³/mol. The van der Waals surface area contributed by atoms with Gasteiger partial charge in [0.25, 0.3) is 0 Å². The highest BCUT2D eigenvalue weighted by Crippen LogP contribution is 2.22. The van der Waals surface area contributed by atoms with Crippen LogP contribution in [0.1, 0.15) is 29.6 Å². The van der Waals surface area contributed by atoms with E-state index in [4.69, 9.17) is 5.26 Å². The number of carbonyl (C=O) groups is 2. The molecule has 29 heavy (non-hydrogen) atoms. The van der Waals surface area contributed by atoms with Gasteiger partial charge in [0.1, 0.15) is 5.82 Å². The third kappa shape index (κ3) is 5.49. The van der Waals surface area contributed by atoms with Crippen LogP contribution in [0.4, 0.5) is 10.1 Å². The van der Waals surface area contributed by atoms with Gasteiger partial charge in [-0.05, 0) is 50.2 Å². The molecular formula is C23H24FN3O2. The number of rotatable bonds is 7. The summed E-state index contributed by atoms with van der Waals surface area (Å²) in [4.78, 5) is 29.0. The van der Waals surface area contributed by atoms with E-state index in [1.165, 1.54) is 17.0 Å². The number of ketones is 1. The Morgan fingerprint density at radius 2 is 1.72 bits per heavy atom. The largest absolute Gasteiger partial charge is 0.310 e. The first-order chi connectivity index (χ1) is 14.1. The standard InChI is InChI=1S/C23H24FN3O2/c24-20-7-9-21(10-8-20)27(14-4-13-25)22(28)17-26-15-11-19(12-16-26)23(29)18-5-2-1-3-6-18/h1-3,5-10,19H,4,11-12,14-17H2. The van der Waals surface area contributed by atoms with Crippen LogP contribution in [-0.2, 0) is 4.79 Å². The molecule has 3 rings (SSSR count). The summed E-state index contributed by atoms with van der Waals surface area (Å²) in [5, 5.41) is 8.89. The Morgan fingerprint density at radius 3 is 2.34 bits per heavy atom. The van der Waals surface area contributed by atoms with E-state index in [-0.39, 0.29) is 42.9 Å². The maximum absolute atomic E-state index is 13.2. The quantitative estimate of drug-likeness (QED) is 0.674. The van der Waals surface area contributed by atoms with Crippen molar-refractivity contribution in [2.45, 2.75) is 19.3 Å². The molecule has 0 N–H and O–H groups in total. The molecule has 150 valence electrons. The first-order valence-electron chi connectivity index (χ1n) is 9.83. The van der Waals surface area contributed by atoms with Crippen molar-refractivity contribution in [2.24, 2.45) is 5.92 Å². The third-order valence-electron chi connectivity index (χ3n) is 5.26. The SMILES string of the molecule is N#CCCN(C(=O)CN1CCC(C(=O)c2ccccc2)CC1)c1ccc(F)cc1. The lowest BCUT2D eigenvalue weighted by Crippen LogP contribution is -2.44. The Morgan fingerprint density at radius 1 is 1.07 bits per heavy atom. The van der Waals surface area contributed by atoms with Gasteiger partial charge in [-0.3, -0.25) is 14.5 Å². The van der Waals surface area contributed by atoms with Crippen LogP contribution in [-0.4, -0.2) is 42.8 Å². The number of likely N-dealkylation sites (tertiary alicyclic amines) is 1. The van der Waals surface area contributed by atoms with Crippen molar-refractivity contribution in [2.75, 3.05) is 31.1 Å². The number of anilines is 1. The number of amides is 1. The molecule has 1 saturated heterocycles. The molecule has 0 saturated carbocycles. The molecule has 5 nitrogen and oxygen atoms in total. The molecule has 0 unspecified atom stereocenters. The van der Waals surface area contributed by atoms with E-state index >= 15 is 0 Å². The summed E-state index contributed by atoms with van der Waals surface area (Å²) in [6, 6.07) is 17.1. The Hall–Kier alpha value is -3.04. The van der Waals surface area contributed by atoms with E-state index in [1.54, 1.807) is 12.1 Å². The highest BCUT2D eigenvalue weighted by atomic mass is 19.1. The van der Waals surface area contributed by atoms with Crippen molar-refractivity contribution in [3.63, 3.8) is 0 Å². The maximum atomic E-state index is 13.2. The minimum absolute atomic E-state index is 0.0180. The van der Waals surface area contributed by atoms with Crippen LogP contribution in [0.15, 0.2) is 54.6 Å². The van der Waals surface area contributed by atoms with E-state index < -0.39 is 0 Å². The van der Waals surface area contributed by atoms with E-state index in [0.29, 0.717) is 18.8 Å². The summed E-state index contributed by atoms with van der Waals surface area (Å²) >= 11 is 0. The molecule has 0 radical (unpaired) electrons. The summed E-state index contributed by atoms with van der Waals surface area (Å²) in [6.07, 6.45) is 1.64. The zero-order valence-electron chi connectivity index (χ0n) is 16.3. The first kappa shape index (κ1) is 20.7. The molecule has 0 aliphatic carbocycles. The second kappa shape index (κ2) is 9.94. The van der Waals surface area contributed by atoms with E-state index in [9.17, 15) is 14.0 Å². The van der Waals surface area contributed by atoms with E-state index in [1.807, 2.05) is 35.2 Å². The summed E-state index contributed by atoms with van der Waals surface area (Å²) in [5.41, 5.74) is 1.32. The molecular weight excluding hydrogens is 369 g/mol. The highest BCUT2D eigenvalue weighted by Gasteiger charge is 2.27. The molecule has 1 heterocycles. The van der Waals surface area contributed by atoms with Gasteiger partial charge in [-0.2, -0.15) is 5.26 Å². The van der Waals surface area contributed by atoms with Crippen molar-refractivity contribution in [1.82, 2.24) is 4.90 Å². The van der Waals surface area contributed by atoms with Gasteiger partial charge in [0, 0.05) is 23.7 Å². The van der Waals surface area contributed by atoms with Crippen LogP contribution in [0.3, 0.4) is 0 Å². The number of piperidine rings is 1. The minimum Gasteiger partial charge on any atom is -0.310 e. The van der Waals surface area contributed by atoms with Gasteiger partial charge in [-0.15, -0.1) is 0 Å². The van der Waals surface area contributed by atoms with Crippen molar-refractivity contribution >= 4 is 17.4 Å². The lowest BCUT2D eigenvalue weighted by atomic mass is 9.89. The predicted octanol–water partition coefficient (Wildman–Crippen LogP) is 3.67. The van der Waals surface area contributed by atoms with Gasteiger partial charge in [-0.1, -0.05) is 30.3 Å². The fourth-order valence-corrected chi connectivity index (χ4v) is 3.65. The number of halogens is 1. The molecule has 1 amide bonds. The van der Waals surface area contributed by atoms with Gasteiger partial charge in [0.05, 0.1) is 19.0 Å². The van der Waals surface area contributed by atoms with Gasteiger partial charge >= 0.3 is 0 Å². The zero-order chi connectivity index (χ0) is 20.6. The Balaban J connectivity index is 1.57. The Kier molecular flexibility index (Phi) is 7.09. The molecule has 0 spiro atoms. The fraction of sp³-hybridized carbons (Fsp3) is 0.348.